The van der Waals surface area contributed by atoms with Crippen LogP contribution in [0.15, 0.2) is 48.5 Å². The van der Waals surface area contributed by atoms with E-state index in [9.17, 15) is 14.0 Å². The van der Waals surface area contributed by atoms with Gasteiger partial charge in [-0.2, -0.15) is 5.26 Å². The van der Waals surface area contributed by atoms with Crippen LogP contribution in [0.5, 0.6) is 0 Å². The Morgan fingerprint density at radius 3 is 2.42 bits per heavy atom. The molecule has 4 rings (SSSR count). The molecule has 0 spiro atoms. The lowest BCUT2D eigenvalue weighted by molar-refractivity contribution is -0.120. The van der Waals surface area contributed by atoms with Gasteiger partial charge in [0, 0.05) is 32.7 Å². The molecule has 33 heavy (non-hydrogen) atoms. The molecule has 2 fully saturated rings. The van der Waals surface area contributed by atoms with Gasteiger partial charge in [-0.05, 0) is 36.0 Å². The normalized spacial score (nSPS) is 20.8. The first-order valence-corrected chi connectivity index (χ1v) is 11.5. The number of rotatable bonds is 7. The second-order valence-corrected chi connectivity index (χ2v) is 9.15. The van der Waals surface area contributed by atoms with Crippen molar-refractivity contribution in [2.24, 2.45) is 11.8 Å². The van der Waals surface area contributed by atoms with E-state index in [2.05, 4.69) is 10.2 Å². The van der Waals surface area contributed by atoms with Gasteiger partial charge < -0.3 is 15.1 Å². The summed E-state index contributed by atoms with van der Waals surface area (Å²) in [7, 11) is 0. The van der Waals surface area contributed by atoms with Crippen molar-refractivity contribution in [1.29, 1.82) is 5.26 Å². The van der Waals surface area contributed by atoms with Crippen LogP contribution in [-0.4, -0.2) is 54.3 Å². The van der Waals surface area contributed by atoms with Gasteiger partial charge in [-0.1, -0.05) is 48.0 Å². The summed E-state index contributed by atoms with van der Waals surface area (Å²) in [4.78, 5) is 29.0. The van der Waals surface area contributed by atoms with E-state index in [1.165, 1.54) is 18.2 Å². The van der Waals surface area contributed by atoms with Crippen LogP contribution in [0.25, 0.3) is 0 Å². The Hall–Kier alpha value is -2.95. The summed E-state index contributed by atoms with van der Waals surface area (Å²) in [5, 5.41) is 11.9. The molecule has 0 radical (unpaired) electrons. The molecule has 2 amide bonds. The zero-order valence-electron chi connectivity index (χ0n) is 18.2. The first kappa shape index (κ1) is 23.2. The third-order valence-electron chi connectivity index (χ3n) is 6.54. The summed E-state index contributed by atoms with van der Waals surface area (Å²) in [5.74, 6) is -0.531. The standard InChI is InChI=1S/C25H26ClFN4O2/c26-20-7-4-8-21(27)24(20)25(33)31-15-18-13-30(14-19(18)16-31)12-10-22(29-23(32)9-11-28)17-5-2-1-3-6-17/h1-8,18-19,22H,9-10,12-16H2,(H,29,32). The second kappa shape index (κ2) is 10.3. The van der Waals surface area contributed by atoms with Gasteiger partial charge in [-0.3, -0.25) is 9.59 Å². The van der Waals surface area contributed by atoms with Crippen molar-refractivity contribution in [2.45, 2.75) is 18.9 Å². The van der Waals surface area contributed by atoms with E-state index < -0.39 is 5.82 Å². The van der Waals surface area contributed by atoms with Crippen LogP contribution in [0.1, 0.15) is 34.8 Å². The molecule has 6 nitrogen and oxygen atoms in total. The van der Waals surface area contributed by atoms with Gasteiger partial charge in [0.15, 0.2) is 0 Å². The van der Waals surface area contributed by atoms with Gasteiger partial charge in [-0.25, -0.2) is 4.39 Å². The number of carbonyl (C=O) groups excluding carboxylic acids is 2. The molecule has 3 unspecified atom stereocenters. The molecule has 1 N–H and O–H groups in total. The Labute approximate surface area is 197 Å². The summed E-state index contributed by atoms with van der Waals surface area (Å²) >= 11 is 6.08. The first-order chi connectivity index (χ1) is 16.0. The van der Waals surface area contributed by atoms with Gasteiger partial charge in [-0.15, -0.1) is 0 Å². The fourth-order valence-corrected chi connectivity index (χ4v) is 5.18. The molecule has 2 aromatic carbocycles. The van der Waals surface area contributed by atoms with Crippen LogP contribution in [0.2, 0.25) is 5.02 Å². The molecule has 2 aliphatic rings. The molecular weight excluding hydrogens is 443 g/mol. The molecule has 2 saturated heterocycles. The molecule has 0 bridgehead atoms. The summed E-state index contributed by atoms with van der Waals surface area (Å²) in [6.07, 6.45) is 0.571. The van der Waals surface area contributed by atoms with E-state index >= 15 is 0 Å². The van der Waals surface area contributed by atoms with E-state index in [1.54, 1.807) is 4.90 Å². The number of hydrogen-bond acceptors (Lipinski definition) is 4. The number of fused-ring (bicyclic) bond motifs is 1. The third kappa shape index (κ3) is 5.35. The summed E-state index contributed by atoms with van der Waals surface area (Å²) < 4.78 is 14.2. The highest BCUT2D eigenvalue weighted by molar-refractivity contribution is 6.33. The highest BCUT2D eigenvalue weighted by Crippen LogP contribution is 2.33. The second-order valence-electron chi connectivity index (χ2n) is 8.74. The van der Waals surface area contributed by atoms with Crippen LogP contribution in [0, 0.1) is 29.0 Å². The number of nitriles is 1. The molecule has 0 saturated carbocycles. The smallest absolute Gasteiger partial charge is 0.258 e. The fourth-order valence-electron chi connectivity index (χ4n) is 4.94. The molecule has 3 atom stereocenters. The zero-order chi connectivity index (χ0) is 23.4. The lowest BCUT2D eigenvalue weighted by atomic mass is 10.0. The highest BCUT2D eigenvalue weighted by Gasteiger charge is 2.42. The van der Waals surface area contributed by atoms with Gasteiger partial charge in [0.05, 0.1) is 22.7 Å². The van der Waals surface area contributed by atoms with Crippen LogP contribution in [-0.2, 0) is 4.79 Å². The SMILES string of the molecule is N#CCC(=O)NC(CCN1CC2CN(C(=O)c3c(F)cccc3Cl)CC2C1)c1ccccc1. The average molecular weight is 469 g/mol. The predicted octanol–water partition coefficient (Wildman–Crippen LogP) is 3.64. The van der Waals surface area contributed by atoms with E-state index in [0.717, 1.165) is 31.6 Å². The zero-order valence-corrected chi connectivity index (χ0v) is 19.0. The molecule has 2 aromatic rings. The number of nitrogens with zero attached hydrogens (tertiary/aromatic N) is 3. The van der Waals surface area contributed by atoms with E-state index in [-0.39, 0.29) is 34.9 Å². The van der Waals surface area contributed by atoms with Crippen LogP contribution in [0.4, 0.5) is 4.39 Å². The molecule has 8 heteroatoms. The van der Waals surface area contributed by atoms with Crippen molar-refractivity contribution in [3.8, 4) is 6.07 Å². The summed E-state index contributed by atoms with van der Waals surface area (Å²) in [6, 6.07) is 15.8. The number of benzene rings is 2. The Morgan fingerprint density at radius 2 is 1.79 bits per heavy atom. The number of hydrogen-bond donors (Lipinski definition) is 1. The van der Waals surface area contributed by atoms with Gasteiger partial charge in [0.1, 0.15) is 12.2 Å². The summed E-state index contributed by atoms with van der Waals surface area (Å²) in [6.45, 7) is 3.68. The Bertz CT molecular complexity index is 1020. The fraction of sp³-hybridized carbons (Fsp3) is 0.400. The molecule has 2 aliphatic heterocycles. The van der Waals surface area contributed by atoms with Crippen LogP contribution >= 0.6 is 11.6 Å². The number of likely N-dealkylation sites (tertiary alicyclic amines) is 2. The summed E-state index contributed by atoms with van der Waals surface area (Å²) in [5.41, 5.74) is 0.969. The first-order valence-electron chi connectivity index (χ1n) is 11.1. The number of halogens is 2. The molecule has 172 valence electrons. The molecule has 2 heterocycles. The maximum Gasteiger partial charge on any atom is 0.258 e. The number of carbonyl (C=O) groups is 2. The van der Waals surface area contributed by atoms with Gasteiger partial charge in [0.2, 0.25) is 5.91 Å². The lowest BCUT2D eigenvalue weighted by Gasteiger charge is -2.25. The predicted molar refractivity (Wildman–Crippen MR) is 123 cm³/mol. The van der Waals surface area contributed by atoms with Crippen LogP contribution < -0.4 is 5.32 Å². The minimum atomic E-state index is -0.586. The van der Waals surface area contributed by atoms with Crippen LogP contribution in [0.3, 0.4) is 0 Å². The van der Waals surface area contributed by atoms with Crippen molar-refractivity contribution in [3.63, 3.8) is 0 Å². The Morgan fingerprint density at radius 1 is 1.09 bits per heavy atom. The van der Waals surface area contributed by atoms with Gasteiger partial charge >= 0.3 is 0 Å². The van der Waals surface area contributed by atoms with Crippen molar-refractivity contribution >= 4 is 23.4 Å². The number of amides is 2. The Kier molecular flexibility index (Phi) is 7.26. The topological polar surface area (TPSA) is 76.4 Å². The van der Waals surface area contributed by atoms with Crippen molar-refractivity contribution in [3.05, 3.63) is 70.5 Å². The van der Waals surface area contributed by atoms with E-state index in [1.807, 2.05) is 36.4 Å². The maximum absolute atomic E-state index is 14.2. The number of nitrogens with one attached hydrogen (secondary N) is 1. The minimum absolute atomic E-state index is 0.0465. The molecule has 0 aromatic heterocycles. The minimum Gasteiger partial charge on any atom is -0.348 e. The molecular formula is C25H26ClFN4O2. The third-order valence-corrected chi connectivity index (χ3v) is 6.85. The lowest BCUT2D eigenvalue weighted by Crippen LogP contribution is -2.35. The van der Waals surface area contributed by atoms with Gasteiger partial charge in [0.25, 0.3) is 5.91 Å². The Balaban J connectivity index is 1.33. The quantitative estimate of drug-likeness (QED) is 0.673. The molecule has 0 aliphatic carbocycles. The monoisotopic (exact) mass is 468 g/mol. The van der Waals surface area contributed by atoms with E-state index in [4.69, 9.17) is 16.9 Å². The van der Waals surface area contributed by atoms with E-state index in [0.29, 0.717) is 24.9 Å². The van der Waals surface area contributed by atoms with Crippen molar-refractivity contribution in [2.75, 3.05) is 32.7 Å². The maximum atomic E-state index is 14.2. The van der Waals surface area contributed by atoms with Crippen molar-refractivity contribution < 1.29 is 14.0 Å². The highest BCUT2D eigenvalue weighted by atomic mass is 35.5. The average Bonchev–Trinajstić information content (AvgIpc) is 3.36. The van der Waals surface area contributed by atoms with Crippen molar-refractivity contribution in [1.82, 2.24) is 15.1 Å². The largest absolute Gasteiger partial charge is 0.348 e.